The summed E-state index contributed by atoms with van der Waals surface area (Å²) in [6.45, 7) is 8.34. The van der Waals surface area contributed by atoms with Gasteiger partial charge in [-0.2, -0.15) is 0 Å². The topological polar surface area (TPSA) is 189 Å². The molecule has 2 aromatic carbocycles. The van der Waals surface area contributed by atoms with E-state index in [1.165, 1.54) is 13.8 Å². The smallest absolute Gasteiger partial charge is 0.303 e. The standard InChI is InChI=1S/C39H50N2O13S/c1-21-32(18-41-14-13-30(47)17-41)53-39(54-35(21)27-11-9-26(19-42)10-12-27)28-7-6-8-29(15-28)40-34(55)16-31-36(49-23(3)44)38(51-25(5)46)37(50-24(4)45)33(52-31)20-48-22(2)43/h6-12,15,21,30-33,35-39,42,47H,13-14,16-20H2,1-5H3,(H,40,55). The highest BCUT2D eigenvalue weighted by molar-refractivity contribution is 7.80. The molecule has 10 unspecified atom stereocenters. The number of aliphatic hydroxyl groups excluding tert-OH is 2. The fourth-order valence-electron chi connectivity index (χ4n) is 7.20. The van der Waals surface area contributed by atoms with Gasteiger partial charge < -0.3 is 48.7 Å². The number of rotatable bonds is 13. The minimum absolute atomic E-state index is 0.0376. The van der Waals surface area contributed by atoms with Crippen LogP contribution in [0.1, 0.15) is 76.5 Å². The van der Waals surface area contributed by atoms with Gasteiger partial charge in [0.2, 0.25) is 0 Å². The number of nitrogens with zero attached hydrogens (tertiary/aromatic N) is 1. The van der Waals surface area contributed by atoms with Crippen molar-refractivity contribution in [3.63, 3.8) is 0 Å². The van der Waals surface area contributed by atoms with Gasteiger partial charge >= 0.3 is 23.9 Å². The van der Waals surface area contributed by atoms with Crippen molar-refractivity contribution < 1.29 is 62.5 Å². The van der Waals surface area contributed by atoms with Gasteiger partial charge in [-0.1, -0.05) is 55.5 Å². The van der Waals surface area contributed by atoms with E-state index in [2.05, 4.69) is 17.1 Å². The third-order valence-electron chi connectivity index (χ3n) is 9.73. The molecule has 0 bridgehead atoms. The molecule has 3 heterocycles. The Morgan fingerprint density at radius 2 is 1.49 bits per heavy atom. The lowest BCUT2D eigenvalue weighted by atomic mass is 9.90. The van der Waals surface area contributed by atoms with Gasteiger partial charge in [0.25, 0.3) is 0 Å². The van der Waals surface area contributed by atoms with Gasteiger partial charge in [-0.25, -0.2) is 0 Å². The number of esters is 4. The first-order valence-corrected chi connectivity index (χ1v) is 18.7. The Kier molecular flexibility index (Phi) is 14.7. The number of β-amino-alcohol motifs (C(OH)–C–C–N with tert-alkyl or cyclic N) is 1. The molecular weight excluding hydrogens is 736 g/mol. The zero-order valence-electron chi connectivity index (χ0n) is 31.6. The molecule has 15 nitrogen and oxygen atoms in total. The van der Waals surface area contributed by atoms with E-state index in [9.17, 15) is 29.4 Å². The van der Waals surface area contributed by atoms with Crippen LogP contribution in [-0.2, 0) is 58.9 Å². The van der Waals surface area contributed by atoms with Crippen LogP contribution < -0.4 is 5.32 Å². The van der Waals surface area contributed by atoms with E-state index < -0.39 is 60.7 Å². The van der Waals surface area contributed by atoms with Crippen LogP contribution in [0.5, 0.6) is 0 Å². The second kappa shape index (κ2) is 19.2. The first-order valence-electron chi connectivity index (χ1n) is 18.3. The van der Waals surface area contributed by atoms with Crippen molar-refractivity contribution in [3.8, 4) is 0 Å². The van der Waals surface area contributed by atoms with E-state index in [4.69, 9.17) is 45.4 Å². The Balaban J connectivity index is 1.36. The quantitative estimate of drug-likeness (QED) is 0.152. The van der Waals surface area contributed by atoms with Crippen LogP contribution in [0.4, 0.5) is 5.69 Å². The molecule has 3 aliphatic heterocycles. The molecule has 3 N–H and O–H groups in total. The summed E-state index contributed by atoms with van der Waals surface area (Å²) in [6, 6.07) is 15.0. The van der Waals surface area contributed by atoms with Gasteiger partial charge in [0.05, 0.1) is 29.9 Å². The summed E-state index contributed by atoms with van der Waals surface area (Å²) >= 11 is 5.76. The van der Waals surface area contributed by atoms with E-state index in [0.717, 1.165) is 37.1 Å². The number of hydrogen-bond acceptors (Lipinski definition) is 15. The minimum Gasteiger partial charge on any atom is -0.463 e. The highest BCUT2D eigenvalue weighted by Gasteiger charge is 2.52. The normalized spacial score (nSPS) is 29.5. The van der Waals surface area contributed by atoms with Gasteiger partial charge in [-0.05, 0) is 29.7 Å². The third-order valence-corrected chi connectivity index (χ3v) is 9.99. The summed E-state index contributed by atoms with van der Waals surface area (Å²) in [4.78, 5) is 50.8. The van der Waals surface area contributed by atoms with Crippen molar-refractivity contribution in [1.82, 2.24) is 4.90 Å². The van der Waals surface area contributed by atoms with Gasteiger partial charge in [0.1, 0.15) is 18.8 Å². The summed E-state index contributed by atoms with van der Waals surface area (Å²) in [5.74, 6) is -2.80. The molecule has 10 atom stereocenters. The second-order valence-electron chi connectivity index (χ2n) is 14.1. The van der Waals surface area contributed by atoms with Crippen LogP contribution in [-0.4, -0.2) is 113 Å². The summed E-state index contributed by atoms with van der Waals surface area (Å²) in [7, 11) is 0. The lowest BCUT2D eigenvalue weighted by molar-refractivity contribution is -0.276. The Hall–Kier alpha value is -4.03. The fourth-order valence-corrected chi connectivity index (χ4v) is 7.48. The molecule has 55 heavy (non-hydrogen) atoms. The molecule has 3 saturated heterocycles. The van der Waals surface area contributed by atoms with Crippen LogP contribution in [0.15, 0.2) is 48.5 Å². The largest absolute Gasteiger partial charge is 0.463 e. The van der Waals surface area contributed by atoms with Crippen molar-refractivity contribution in [1.29, 1.82) is 0 Å². The number of carbonyl (C=O) groups is 4. The summed E-state index contributed by atoms with van der Waals surface area (Å²) in [5.41, 5.74) is 3.06. The molecule has 0 amide bonds. The first-order chi connectivity index (χ1) is 26.2. The number of ether oxygens (including phenoxy) is 7. The van der Waals surface area contributed by atoms with Gasteiger partial charge in [0.15, 0.2) is 24.6 Å². The minimum atomic E-state index is -1.30. The van der Waals surface area contributed by atoms with Gasteiger partial charge in [-0.15, -0.1) is 0 Å². The number of hydrogen-bond donors (Lipinski definition) is 3. The Morgan fingerprint density at radius 1 is 0.836 bits per heavy atom. The number of benzene rings is 2. The number of nitrogens with one attached hydrogen (secondary N) is 1. The Morgan fingerprint density at radius 3 is 2.09 bits per heavy atom. The maximum Gasteiger partial charge on any atom is 0.303 e. The second-order valence-corrected chi connectivity index (χ2v) is 14.6. The highest BCUT2D eigenvalue weighted by Crippen LogP contribution is 2.42. The molecule has 0 aliphatic carbocycles. The van der Waals surface area contributed by atoms with E-state index in [1.54, 1.807) is 0 Å². The van der Waals surface area contributed by atoms with Crippen LogP contribution in [0.3, 0.4) is 0 Å². The highest BCUT2D eigenvalue weighted by atomic mass is 32.1. The predicted molar refractivity (Wildman–Crippen MR) is 199 cm³/mol. The molecule has 0 saturated carbocycles. The lowest BCUT2D eigenvalue weighted by Gasteiger charge is -2.44. The molecule has 2 aromatic rings. The van der Waals surface area contributed by atoms with Crippen molar-refractivity contribution in [2.45, 2.75) is 109 Å². The number of likely N-dealkylation sites (tertiary alicyclic amines) is 1. The van der Waals surface area contributed by atoms with Crippen LogP contribution in [0.25, 0.3) is 0 Å². The van der Waals surface area contributed by atoms with Crippen molar-refractivity contribution in [2.75, 3.05) is 31.6 Å². The Labute approximate surface area is 325 Å². The summed E-state index contributed by atoms with van der Waals surface area (Å²) in [5, 5.41) is 23.0. The number of thiocarbonyl (C=S) groups is 1. The van der Waals surface area contributed by atoms with Crippen molar-refractivity contribution in [2.24, 2.45) is 5.92 Å². The average Bonchev–Trinajstić information content (AvgIpc) is 3.54. The molecule has 3 fully saturated rings. The zero-order chi connectivity index (χ0) is 39.8. The fraction of sp³-hybridized carbons (Fsp3) is 0.564. The van der Waals surface area contributed by atoms with Crippen LogP contribution in [0, 0.1) is 5.92 Å². The van der Waals surface area contributed by atoms with Gasteiger partial charge in [0, 0.05) is 70.9 Å². The van der Waals surface area contributed by atoms with E-state index in [0.29, 0.717) is 25.2 Å². The van der Waals surface area contributed by atoms with Crippen molar-refractivity contribution >= 4 is 46.8 Å². The van der Waals surface area contributed by atoms with Crippen LogP contribution >= 0.6 is 12.2 Å². The van der Waals surface area contributed by atoms with Crippen molar-refractivity contribution in [3.05, 3.63) is 65.2 Å². The molecule has 3 aliphatic rings. The maximum atomic E-state index is 12.3. The molecule has 16 heteroatoms. The molecule has 5 rings (SSSR count). The zero-order valence-corrected chi connectivity index (χ0v) is 32.4. The summed E-state index contributed by atoms with van der Waals surface area (Å²) in [6.07, 6.45) is -6.94. The Bertz CT molecular complexity index is 1670. The monoisotopic (exact) mass is 786 g/mol. The maximum absolute atomic E-state index is 12.3. The molecular formula is C39H50N2O13S. The number of carbonyl (C=O) groups excluding carboxylic acids is 4. The predicted octanol–water partition coefficient (Wildman–Crippen LogP) is 3.29. The third kappa shape index (κ3) is 11.5. The molecule has 0 spiro atoms. The van der Waals surface area contributed by atoms with Crippen LogP contribution in [0.2, 0.25) is 0 Å². The summed E-state index contributed by atoms with van der Waals surface area (Å²) < 4.78 is 41.3. The van der Waals surface area contributed by atoms with E-state index >= 15 is 0 Å². The van der Waals surface area contributed by atoms with Gasteiger partial charge in [-0.3, -0.25) is 24.1 Å². The lowest BCUT2D eigenvalue weighted by Crippen LogP contribution is -2.62. The average molecular weight is 787 g/mol. The molecule has 0 aromatic heterocycles. The number of anilines is 1. The molecule has 0 radical (unpaired) electrons. The van der Waals surface area contributed by atoms with E-state index in [-0.39, 0.29) is 48.9 Å². The SMILES string of the molecule is CC(=O)OCC1OC(CC(=S)Nc2cccc(C3OC(CN4CCC(O)C4)C(C)C(c4ccc(CO)cc4)O3)c2)C(OC(C)=O)C(OC(C)=O)C1OC(C)=O. The first kappa shape index (κ1) is 42.1. The van der Waals surface area contributed by atoms with E-state index in [1.807, 2.05) is 48.5 Å². The number of aliphatic hydroxyl groups is 2. The molecule has 300 valence electrons.